The second-order valence-electron chi connectivity index (χ2n) is 5.36. The summed E-state index contributed by atoms with van der Waals surface area (Å²) in [6, 6.07) is 0.192. The molecule has 1 aromatic heterocycles. The van der Waals surface area contributed by atoms with E-state index in [-0.39, 0.29) is 11.8 Å². The minimum atomic E-state index is -0.843. The van der Waals surface area contributed by atoms with Gasteiger partial charge in [-0.3, -0.25) is 9.36 Å². The van der Waals surface area contributed by atoms with E-state index in [4.69, 9.17) is 5.11 Å². The molecule has 20 heavy (non-hydrogen) atoms. The Morgan fingerprint density at radius 2 is 2.00 bits per heavy atom. The lowest BCUT2D eigenvalue weighted by atomic mass is 10.2. The highest BCUT2D eigenvalue weighted by Gasteiger charge is 2.20. The molecule has 0 spiro atoms. The average Bonchev–Trinajstić information content (AvgIpc) is 2.76. The van der Waals surface area contributed by atoms with Gasteiger partial charge < -0.3 is 10.0 Å². The van der Waals surface area contributed by atoms with Gasteiger partial charge in [0.1, 0.15) is 0 Å². The highest BCUT2D eigenvalue weighted by molar-refractivity contribution is 7.99. The summed E-state index contributed by atoms with van der Waals surface area (Å²) in [7, 11) is 0. The molecule has 0 bridgehead atoms. The van der Waals surface area contributed by atoms with Crippen molar-refractivity contribution in [1.82, 2.24) is 14.8 Å². The highest BCUT2D eigenvalue weighted by Crippen LogP contribution is 2.26. The molecular weight excluding hydrogens is 276 g/mol. The summed E-state index contributed by atoms with van der Waals surface area (Å²) in [6.45, 7) is 12.3. The molecule has 0 fully saturated rings. The van der Waals surface area contributed by atoms with Crippen molar-refractivity contribution < 1.29 is 9.90 Å². The molecule has 1 rings (SSSR count). The van der Waals surface area contributed by atoms with Crippen molar-refractivity contribution in [3.05, 3.63) is 0 Å². The quantitative estimate of drug-likeness (QED) is 0.744. The van der Waals surface area contributed by atoms with E-state index in [0.29, 0.717) is 11.1 Å². The van der Waals surface area contributed by atoms with Crippen molar-refractivity contribution >= 4 is 23.7 Å². The SMILES string of the molecule is CCN(CC(C)C)c1nnc(SCC(=O)O)n1C(C)C. The van der Waals surface area contributed by atoms with Crippen molar-refractivity contribution in [3.63, 3.8) is 0 Å². The Morgan fingerprint density at radius 3 is 2.45 bits per heavy atom. The van der Waals surface area contributed by atoms with Crippen LogP contribution in [0.5, 0.6) is 0 Å². The zero-order valence-corrected chi connectivity index (χ0v) is 13.6. The molecule has 0 aliphatic rings. The molecule has 0 atom stereocenters. The number of rotatable bonds is 8. The Labute approximate surface area is 124 Å². The Bertz CT molecular complexity index is 446. The van der Waals surface area contributed by atoms with Gasteiger partial charge in [-0.25, -0.2) is 0 Å². The van der Waals surface area contributed by atoms with E-state index in [2.05, 4.69) is 49.7 Å². The molecule has 1 aromatic rings. The van der Waals surface area contributed by atoms with E-state index in [1.807, 2.05) is 4.57 Å². The maximum Gasteiger partial charge on any atom is 0.313 e. The van der Waals surface area contributed by atoms with E-state index >= 15 is 0 Å². The summed E-state index contributed by atoms with van der Waals surface area (Å²) < 4.78 is 2.01. The Kier molecular flexibility index (Phi) is 6.32. The van der Waals surface area contributed by atoms with Crippen LogP contribution in [0.2, 0.25) is 0 Å². The molecule has 1 heterocycles. The lowest BCUT2D eigenvalue weighted by Gasteiger charge is -2.25. The number of aliphatic carboxylic acids is 1. The van der Waals surface area contributed by atoms with Crippen LogP contribution < -0.4 is 4.90 Å². The van der Waals surface area contributed by atoms with Crippen LogP contribution >= 0.6 is 11.8 Å². The fourth-order valence-corrected chi connectivity index (χ4v) is 2.74. The molecule has 0 saturated heterocycles. The Hall–Kier alpha value is -1.24. The molecule has 1 N–H and O–H groups in total. The normalized spacial score (nSPS) is 11.3. The molecule has 0 aliphatic carbocycles. The van der Waals surface area contributed by atoms with Gasteiger partial charge in [0, 0.05) is 19.1 Å². The first-order valence-corrected chi connectivity index (χ1v) is 7.89. The molecule has 7 heteroatoms. The van der Waals surface area contributed by atoms with E-state index in [1.54, 1.807) is 0 Å². The standard InChI is InChI=1S/C13H24N4O2S/c1-6-16(7-9(2)3)12-14-15-13(17(12)10(4)5)20-8-11(18)19/h9-10H,6-8H2,1-5H3,(H,18,19). The monoisotopic (exact) mass is 300 g/mol. The first-order valence-electron chi connectivity index (χ1n) is 6.91. The number of carboxylic acids is 1. The molecule has 6 nitrogen and oxygen atoms in total. The van der Waals surface area contributed by atoms with Gasteiger partial charge in [-0.15, -0.1) is 10.2 Å². The van der Waals surface area contributed by atoms with Gasteiger partial charge in [0.15, 0.2) is 5.16 Å². The summed E-state index contributed by atoms with van der Waals surface area (Å²) >= 11 is 1.21. The minimum absolute atomic E-state index is 0.00115. The first kappa shape index (κ1) is 16.8. The van der Waals surface area contributed by atoms with E-state index in [1.165, 1.54) is 11.8 Å². The maximum atomic E-state index is 10.7. The third kappa shape index (κ3) is 4.40. The van der Waals surface area contributed by atoms with Crippen LogP contribution in [0, 0.1) is 5.92 Å². The van der Waals surface area contributed by atoms with Crippen molar-refractivity contribution in [1.29, 1.82) is 0 Å². The van der Waals surface area contributed by atoms with E-state index < -0.39 is 5.97 Å². The Balaban J connectivity index is 3.03. The summed E-state index contributed by atoms with van der Waals surface area (Å²) in [5.74, 6) is 0.511. The topological polar surface area (TPSA) is 71.2 Å². The molecule has 0 amide bonds. The van der Waals surface area contributed by atoms with Crippen molar-refractivity contribution in [2.75, 3.05) is 23.7 Å². The van der Waals surface area contributed by atoms with E-state index in [0.717, 1.165) is 19.0 Å². The number of hydrogen-bond acceptors (Lipinski definition) is 5. The molecule has 0 saturated carbocycles. The smallest absolute Gasteiger partial charge is 0.313 e. The first-order chi connectivity index (χ1) is 9.36. The van der Waals surface area contributed by atoms with Gasteiger partial charge in [-0.2, -0.15) is 0 Å². The van der Waals surface area contributed by atoms with Gasteiger partial charge in [-0.05, 0) is 26.7 Å². The molecule has 0 aromatic carbocycles. The molecule has 114 valence electrons. The Morgan fingerprint density at radius 1 is 1.35 bits per heavy atom. The van der Waals surface area contributed by atoms with Gasteiger partial charge in [-0.1, -0.05) is 25.6 Å². The van der Waals surface area contributed by atoms with Gasteiger partial charge in [0.2, 0.25) is 5.95 Å². The van der Waals surface area contributed by atoms with Gasteiger partial charge >= 0.3 is 5.97 Å². The van der Waals surface area contributed by atoms with Crippen LogP contribution in [0.1, 0.15) is 40.7 Å². The van der Waals surface area contributed by atoms with Crippen LogP contribution in [0.3, 0.4) is 0 Å². The maximum absolute atomic E-state index is 10.7. The van der Waals surface area contributed by atoms with Crippen molar-refractivity contribution in [2.45, 2.75) is 45.8 Å². The zero-order chi connectivity index (χ0) is 15.3. The predicted molar refractivity (Wildman–Crippen MR) is 81.5 cm³/mol. The largest absolute Gasteiger partial charge is 0.481 e. The van der Waals surface area contributed by atoms with Gasteiger partial charge in [0.25, 0.3) is 0 Å². The number of carbonyl (C=O) groups is 1. The lowest BCUT2D eigenvalue weighted by Crippen LogP contribution is -2.30. The number of carboxylic acid groups (broad SMARTS) is 1. The van der Waals surface area contributed by atoms with Crippen LogP contribution in [0.15, 0.2) is 5.16 Å². The van der Waals surface area contributed by atoms with Crippen molar-refractivity contribution in [3.8, 4) is 0 Å². The summed E-state index contributed by atoms with van der Waals surface area (Å²) in [5, 5.41) is 17.9. The lowest BCUT2D eigenvalue weighted by molar-refractivity contribution is -0.133. The minimum Gasteiger partial charge on any atom is -0.481 e. The number of hydrogen-bond donors (Lipinski definition) is 1. The predicted octanol–water partition coefficient (Wildman–Crippen LogP) is 2.52. The van der Waals surface area contributed by atoms with E-state index in [9.17, 15) is 4.79 Å². The van der Waals surface area contributed by atoms with Crippen LogP contribution in [-0.4, -0.2) is 44.7 Å². The number of anilines is 1. The molecular formula is C13H24N4O2S. The molecule has 0 unspecified atom stereocenters. The summed E-state index contributed by atoms with van der Waals surface area (Å²) in [6.07, 6.45) is 0. The van der Waals surface area contributed by atoms with Crippen LogP contribution in [0.25, 0.3) is 0 Å². The number of thioether (sulfide) groups is 1. The average molecular weight is 300 g/mol. The third-order valence-corrected chi connectivity index (χ3v) is 3.67. The number of aromatic nitrogens is 3. The van der Waals surface area contributed by atoms with Crippen molar-refractivity contribution in [2.24, 2.45) is 5.92 Å². The summed E-state index contributed by atoms with van der Waals surface area (Å²) in [4.78, 5) is 12.9. The second kappa shape index (κ2) is 7.52. The fraction of sp³-hybridized carbons (Fsp3) is 0.769. The van der Waals surface area contributed by atoms with Crippen LogP contribution in [-0.2, 0) is 4.79 Å². The zero-order valence-electron chi connectivity index (χ0n) is 12.8. The highest BCUT2D eigenvalue weighted by atomic mass is 32.2. The summed E-state index contributed by atoms with van der Waals surface area (Å²) in [5.41, 5.74) is 0. The second-order valence-corrected chi connectivity index (χ2v) is 6.30. The van der Waals surface area contributed by atoms with Crippen LogP contribution in [0.4, 0.5) is 5.95 Å². The molecule has 0 radical (unpaired) electrons. The number of nitrogens with zero attached hydrogens (tertiary/aromatic N) is 4. The molecule has 0 aliphatic heterocycles. The third-order valence-electron chi connectivity index (χ3n) is 2.74. The fourth-order valence-electron chi connectivity index (χ4n) is 1.95. The van der Waals surface area contributed by atoms with Gasteiger partial charge in [0.05, 0.1) is 5.75 Å².